The van der Waals surface area contributed by atoms with E-state index in [2.05, 4.69) is 33.9 Å². The third-order valence-corrected chi connectivity index (χ3v) is 9.39. The highest BCUT2D eigenvalue weighted by Gasteiger charge is 2.57. The van der Waals surface area contributed by atoms with E-state index in [9.17, 15) is 4.79 Å². The number of hydrogen-bond acceptors (Lipinski definition) is 6. The topological polar surface area (TPSA) is 63.2 Å². The molecule has 23 heavy (non-hydrogen) atoms. The molecule has 0 spiro atoms. The van der Waals surface area contributed by atoms with E-state index in [1.807, 2.05) is 13.8 Å². The molecule has 0 saturated carbocycles. The zero-order valence-corrected chi connectivity index (χ0v) is 16.5. The van der Waals surface area contributed by atoms with Crippen LogP contribution in [0.5, 0.6) is 0 Å². The van der Waals surface area contributed by atoms with Crippen molar-refractivity contribution in [3.63, 3.8) is 0 Å². The predicted octanol–water partition coefficient (Wildman–Crippen LogP) is 2.82. The van der Waals surface area contributed by atoms with Gasteiger partial charge in [0.1, 0.15) is 12.2 Å². The van der Waals surface area contributed by atoms with Gasteiger partial charge in [0, 0.05) is 0 Å². The first-order valence-corrected chi connectivity index (χ1v) is 11.0. The molecule has 0 aliphatic carbocycles. The van der Waals surface area contributed by atoms with E-state index in [0.29, 0.717) is 0 Å². The van der Waals surface area contributed by atoms with E-state index in [-0.39, 0.29) is 29.6 Å². The summed E-state index contributed by atoms with van der Waals surface area (Å²) in [5.41, 5.74) is 0. The SMILES string of the molecule is COC(=O)C[C@H]1O[C@@H]2OC(C)(C)O[C@@H]2[C@H]1O[Si](C)(C)C(C)(C)C. The molecular formula is C16H30O6Si. The van der Waals surface area contributed by atoms with E-state index < -0.39 is 26.5 Å². The van der Waals surface area contributed by atoms with Crippen LogP contribution in [-0.2, 0) is 28.2 Å². The lowest BCUT2D eigenvalue weighted by molar-refractivity contribution is -0.215. The standard InChI is InChI=1S/C16H30O6Si/c1-15(2,3)23(7,8)22-12-10(9-11(17)18-6)19-14-13(12)20-16(4,5)21-14/h10,12-14H,9H2,1-8H3/t10-,12+,13-,14-/m1/s1. The van der Waals surface area contributed by atoms with Crippen molar-refractivity contribution in [3.8, 4) is 0 Å². The van der Waals surface area contributed by atoms with Gasteiger partial charge >= 0.3 is 5.97 Å². The number of hydrogen-bond donors (Lipinski definition) is 0. The lowest BCUT2D eigenvalue weighted by Gasteiger charge is -2.40. The van der Waals surface area contributed by atoms with Crippen LogP contribution in [0.3, 0.4) is 0 Å². The molecule has 4 atom stereocenters. The lowest BCUT2D eigenvalue weighted by Crippen LogP contribution is -2.50. The molecule has 2 heterocycles. The number of ether oxygens (including phenoxy) is 4. The zero-order chi connectivity index (χ0) is 17.6. The number of methoxy groups -OCH3 is 1. The fraction of sp³-hybridized carbons (Fsp3) is 0.938. The Balaban J connectivity index is 2.20. The Bertz CT molecular complexity index is 456. The quantitative estimate of drug-likeness (QED) is 0.576. The molecule has 0 radical (unpaired) electrons. The Labute approximate surface area is 139 Å². The van der Waals surface area contributed by atoms with Crippen LogP contribution in [0.25, 0.3) is 0 Å². The van der Waals surface area contributed by atoms with Crippen LogP contribution in [0, 0.1) is 0 Å². The monoisotopic (exact) mass is 346 g/mol. The average Bonchev–Trinajstić information content (AvgIpc) is 2.81. The van der Waals surface area contributed by atoms with Crippen molar-refractivity contribution in [1.82, 2.24) is 0 Å². The van der Waals surface area contributed by atoms with Crippen molar-refractivity contribution < 1.29 is 28.2 Å². The highest BCUT2D eigenvalue weighted by molar-refractivity contribution is 6.74. The van der Waals surface area contributed by atoms with Crippen molar-refractivity contribution in [2.24, 2.45) is 0 Å². The third kappa shape index (κ3) is 3.96. The molecule has 2 fully saturated rings. The molecule has 0 unspecified atom stereocenters. The fourth-order valence-electron chi connectivity index (χ4n) is 2.62. The van der Waals surface area contributed by atoms with Gasteiger partial charge in [0.05, 0.1) is 19.6 Å². The van der Waals surface area contributed by atoms with Gasteiger partial charge in [-0.15, -0.1) is 0 Å². The second-order valence-corrected chi connectivity index (χ2v) is 13.0. The molecule has 0 bridgehead atoms. The molecular weight excluding hydrogens is 316 g/mol. The van der Waals surface area contributed by atoms with E-state index in [4.69, 9.17) is 23.4 Å². The predicted molar refractivity (Wildman–Crippen MR) is 87.4 cm³/mol. The summed E-state index contributed by atoms with van der Waals surface area (Å²) in [6, 6.07) is 0. The van der Waals surface area contributed by atoms with Gasteiger partial charge in [-0.05, 0) is 32.0 Å². The molecule has 0 aromatic rings. The Hall–Kier alpha value is -0.473. The molecule has 2 rings (SSSR count). The van der Waals surface area contributed by atoms with Crippen molar-refractivity contribution in [2.45, 2.75) is 89.6 Å². The van der Waals surface area contributed by atoms with Crippen LogP contribution in [0.4, 0.5) is 0 Å². The van der Waals surface area contributed by atoms with E-state index in [1.54, 1.807) is 0 Å². The molecule has 0 aromatic carbocycles. The Morgan fingerprint density at radius 2 is 1.83 bits per heavy atom. The Kier molecular flexibility index (Phi) is 5.01. The fourth-order valence-corrected chi connectivity index (χ4v) is 3.94. The first-order valence-electron chi connectivity index (χ1n) is 8.12. The summed E-state index contributed by atoms with van der Waals surface area (Å²) in [5.74, 6) is -1.03. The van der Waals surface area contributed by atoms with Gasteiger partial charge in [-0.3, -0.25) is 4.79 Å². The van der Waals surface area contributed by atoms with Gasteiger partial charge < -0.3 is 23.4 Å². The Morgan fingerprint density at radius 1 is 1.22 bits per heavy atom. The molecule has 7 heteroatoms. The largest absolute Gasteiger partial charge is 0.469 e. The molecule has 2 aliphatic heterocycles. The first-order chi connectivity index (χ1) is 10.4. The highest BCUT2D eigenvalue weighted by Crippen LogP contribution is 2.44. The van der Waals surface area contributed by atoms with Gasteiger partial charge in [0.2, 0.25) is 0 Å². The second-order valence-electron chi connectivity index (χ2n) is 8.27. The number of carbonyl (C=O) groups is 1. The smallest absolute Gasteiger partial charge is 0.308 e. The van der Waals surface area contributed by atoms with Crippen LogP contribution in [0.2, 0.25) is 18.1 Å². The molecule has 0 aromatic heterocycles. The normalized spacial score (nSPS) is 33.6. The molecule has 2 saturated heterocycles. The van der Waals surface area contributed by atoms with Crippen molar-refractivity contribution in [2.75, 3.05) is 7.11 Å². The van der Waals surface area contributed by atoms with Gasteiger partial charge in [-0.25, -0.2) is 0 Å². The summed E-state index contributed by atoms with van der Waals surface area (Å²) in [7, 11) is -0.674. The average molecular weight is 346 g/mol. The number of fused-ring (bicyclic) bond motifs is 1. The van der Waals surface area contributed by atoms with Crippen molar-refractivity contribution >= 4 is 14.3 Å². The van der Waals surface area contributed by atoms with Crippen LogP contribution in [0.15, 0.2) is 0 Å². The van der Waals surface area contributed by atoms with Crippen LogP contribution in [-0.4, -0.2) is 51.8 Å². The van der Waals surface area contributed by atoms with Gasteiger partial charge in [0.15, 0.2) is 20.4 Å². The van der Waals surface area contributed by atoms with Gasteiger partial charge in [0.25, 0.3) is 0 Å². The van der Waals surface area contributed by atoms with Crippen LogP contribution < -0.4 is 0 Å². The first kappa shape index (κ1) is 18.9. The van der Waals surface area contributed by atoms with Gasteiger partial charge in [-0.1, -0.05) is 20.8 Å². The molecule has 0 amide bonds. The maximum absolute atomic E-state index is 11.7. The minimum absolute atomic E-state index is 0.0515. The lowest BCUT2D eigenvalue weighted by atomic mass is 10.1. The summed E-state index contributed by atoms with van der Waals surface area (Å²) in [6.45, 7) is 14.6. The number of carbonyl (C=O) groups excluding carboxylic acids is 1. The highest BCUT2D eigenvalue weighted by atomic mass is 28.4. The Morgan fingerprint density at radius 3 is 2.35 bits per heavy atom. The summed E-state index contributed by atoms with van der Waals surface area (Å²) in [5, 5.41) is 0.0515. The van der Waals surface area contributed by atoms with Gasteiger partial charge in [-0.2, -0.15) is 0 Å². The summed E-state index contributed by atoms with van der Waals surface area (Å²) >= 11 is 0. The number of rotatable bonds is 4. The molecule has 2 aliphatic rings. The molecule has 0 N–H and O–H groups in total. The van der Waals surface area contributed by atoms with Crippen LogP contribution >= 0.6 is 0 Å². The zero-order valence-electron chi connectivity index (χ0n) is 15.5. The van der Waals surface area contributed by atoms with E-state index >= 15 is 0 Å². The second kappa shape index (κ2) is 6.11. The maximum atomic E-state index is 11.7. The summed E-state index contributed by atoms with van der Waals surface area (Å²) in [6.07, 6.45) is -1.44. The summed E-state index contributed by atoms with van der Waals surface area (Å²) in [4.78, 5) is 11.7. The molecule has 134 valence electrons. The summed E-state index contributed by atoms with van der Waals surface area (Å²) < 4.78 is 29.0. The maximum Gasteiger partial charge on any atom is 0.308 e. The van der Waals surface area contributed by atoms with Crippen LogP contribution in [0.1, 0.15) is 41.0 Å². The minimum atomic E-state index is -2.05. The number of esters is 1. The minimum Gasteiger partial charge on any atom is -0.469 e. The molecule has 6 nitrogen and oxygen atoms in total. The third-order valence-electron chi connectivity index (χ3n) is 4.92. The van der Waals surface area contributed by atoms with Crippen molar-refractivity contribution in [1.29, 1.82) is 0 Å². The van der Waals surface area contributed by atoms with E-state index in [0.717, 1.165) is 0 Å². The van der Waals surface area contributed by atoms with E-state index in [1.165, 1.54) is 7.11 Å². The van der Waals surface area contributed by atoms with Crippen molar-refractivity contribution in [3.05, 3.63) is 0 Å².